The van der Waals surface area contributed by atoms with Crippen LogP contribution in [0, 0.1) is 0 Å². The molecule has 0 aromatic heterocycles. The average molecular weight is 476 g/mol. The number of rotatable bonds is 4. The summed E-state index contributed by atoms with van der Waals surface area (Å²) in [6.45, 7) is 2.96. The normalized spacial score (nSPS) is 24.4. The molecule has 182 valence electrons. The van der Waals surface area contributed by atoms with Crippen molar-refractivity contribution in [2.24, 2.45) is 0 Å². The number of ether oxygens (including phenoxy) is 2. The van der Waals surface area contributed by atoms with E-state index in [2.05, 4.69) is 21.6 Å². The highest BCUT2D eigenvalue weighted by atomic mass is 19.4. The van der Waals surface area contributed by atoms with Gasteiger partial charge in [-0.3, -0.25) is 9.69 Å². The van der Waals surface area contributed by atoms with Crippen LogP contribution in [0.15, 0.2) is 48.5 Å². The molecule has 0 radical (unpaired) electrons. The van der Waals surface area contributed by atoms with E-state index >= 15 is 0 Å². The Balaban J connectivity index is 1.42. The SMILES string of the molecule is CN1CCC(N2CC3CC2C(=O)N(Cc2ccc(OC(F)(F)F)cc2)c2ccccc2O3)CC1. The van der Waals surface area contributed by atoms with Crippen molar-refractivity contribution in [3.63, 3.8) is 0 Å². The zero-order valence-corrected chi connectivity index (χ0v) is 19.0. The molecule has 2 unspecified atom stereocenters. The number of anilines is 1. The molecule has 2 saturated heterocycles. The van der Waals surface area contributed by atoms with Crippen LogP contribution in [0.5, 0.6) is 11.5 Å². The maximum atomic E-state index is 13.9. The van der Waals surface area contributed by atoms with Crippen LogP contribution in [0.25, 0.3) is 0 Å². The number of hydrogen-bond donors (Lipinski definition) is 0. The second-order valence-corrected chi connectivity index (χ2v) is 9.31. The van der Waals surface area contributed by atoms with E-state index < -0.39 is 6.36 Å². The van der Waals surface area contributed by atoms with Crippen LogP contribution in [-0.2, 0) is 11.3 Å². The standard InChI is InChI=1S/C25H28F3N3O3/c1-29-12-10-18(11-13-29)30-16-20-14-22(30)24(32)31(21-4-2-3-5-23(21)33-20)15-17-6-8-19(9-7-17)34-25(26,27)28/h2-9,18,20,22H,10-16H2,1H3. The second-order valence-electron chi connectivity index (χ2n) is 9.31. The number of amides is 1. The van der Waals surface area contributed by atoms with Gasteiger partial charge in [0.15, 0.2) is 0 Å². The number of piperidine rings is 1. The van der Waals surface area contributed by atoms with Crippen molar-refractivity contribution in [1.82, 2.24) is 9.80 Å². The van der Waals surface area contributed by atoms with Gasteiger partial charge < -0.3 is 19.3 Å². The smallest absolute Gasteiger partial charge is 0.487 e. The highest BCUT2D eigenvalue weighted by Gasteiger charge is 2.45. The predicted octanol–water partition coefficient (Wildman–Crippen LogP) is 4.05. The van der Waals surface area contributed by atoms with Gasteiger partial charge >= 0.3 is 6.36 Å². The first-order valence-corrected chi connectivity index (χ1v) is 11.6. The van der Waals surface area contributed by atoms with Crippen LogP contribution in [0.2, 0.25) is 0 Å². The minimum atomic E-state index is -4.74. The largest absolute Gasteiger partial charge is 0.573 e. The maximum absolute atomic E-state index is 13.9. The van der Waals surface area contributed by atoms with Gasteiger partial charge in [-0.05, 0) is 62.8 Å². The molecule has 0 saturated carbocycles. The number of alkyl halides is 3. The van der Waals surface area contributed by atoms with Gasteiger partial charge in [-0.1, -0.05) is 24.3 Å². The number of fused-ring (bicyclic) bond motifs is 3. The van der Waals surface area contributed by atoms with Crippen molar-refractivity contribution < 1.29 is 27.4 Å². The van der Waals surface area contributed by atoms with E-state index in [0.29, 0.717) is 29.5 Å². The summed E-state index contributed by atoms with van der Waals surface area (Å²) in [6, 6.07) is 13.2. The Bertz CT molecular complexity index is 1020. The average Bonchev–Trinajstić information content (AvgIpc) is 3.22. The summed E-state index contributed by atoms with van der Waals surface area (Å²) in [5.41, 5.74) is 1.39. The Labute approximate surface area is 196 Å². The number of carbonyl (C=O) groups excluding carboxylic acids is 1. The maximum Gasteiger partial charge on any atom is 0.573 e. The zero-order chi connectivity index (χ0) is 23.9. The highest BCUT2D eigenvalue weighted by molar-refractivity contribution is 5.99. The van der Waals surface area contributed by atoms with Gasteiger partial charge in [-0.15, -0.1) is 13.2 Å². The third-order valence-electron chi connectivity index (χ3n) is 6.96. The molecule has 0 aliphatic carbocycles. The summed E-state index contributed by atoms with van der Waals surface area (Å²) in [5, 5.41) is 0. The first-order valence-electron chi connectivity index (χ1n) is 11.6. The van der Waals surface area contributed by atoms with E-state index in [4.69, 9.17) is 4.74 Å². The van der Waals surface area contributed by atoms with Gasteiger partial charge in [0, 0.05) is 19.0 Å². The molecule has 0 spiro atoms. The Morgan fingerprint density at radius 3 is 2.47 bits per heavy atom. The Hall–Kier alpha value is -2.78. The topological polar surface area (TPSA) is 45.2 Å². The number of benzene rings is 2. The fourth-order valence-electron chi connectivity index (χ4n) is 5.28. The van der Waals surface area contributed by atoms with Gasteiger partial charge in [-0.25, -0.2) is 0 Å². The van der Waals surface area contributed by atoms with Crippen molar-refractivity contribution in [3.8, 4) is 11.5 Å². The van der Waals surface area contributed by atoms with Gasteiger partial charge in [0.25, 0.3) is 0 Å². The Morgan fingerprint density at radius 2 is 1.76 bits per heavy atom. The van der Waals surface area contributed by atoms with Crippen LogP contribution >= 0.6 is 0 Å². The third-order valence-corrected chi connectivity index (χ3v) is 6.96. The predicted molar refractivity (Wildman–Crippen MR) is 121 cm³/mol. The lowest BCUT2D eigenvalue weighted by molar-refractivity contribution is -0.274. The minimum absolute atomic E-state index is 0.00722. The van der Waals surface area contributed by atoms with Crippen LogP contribution in [0.1, 0.15) is 24.8 Å². The van der Waals surface area contributed by atoms with E-state index in [1.165, 1.54) is 12.1 Å². The van der Waals surface area contributed by atoms with Gasteiger partial charge in [-0.2, -0.15) is 0 Å². The van der Waals surface area contributed by atoms with Crippen molar-refractivity contribution in [2.75, 3.05) is 31.6 Å². The second kappa shape index (κ2) is 9.11. The number of carbonyl (C=O) groups is 1. The summed E-state index contributed by atoms with van der Waals surface area (Å²) >= 11 is 0. The van der Waals surface area contributed by atoms with E-state index in [1.807, 2.05) is 24.3 Å². The first kappa shape index (κ1) is 23.0. The van der Waals surface area contributed by atoms with Crippen molar-refractivity contribution >= 4 is 11.6 Å². The molecule has 6 nitrogen and oxygen atoms in total. The molecule has 1 amide bonds. The minimum Gasteiger partial charge on any atom is -0.487 e. The quantitative estimate of drug-likeness (QED) is 0.668. The fraction of sp³-hybridized carbons (Fsp3) is 0.480. The van der Waals surface area contributed by atoms with Crippen molar-refractivity contribution in [2.45, 2.75) is 50.4 Å². The zero-order valence-electron chi connectivity index (χ0n) is 19.0. The van der Waals surface area contributed by atoms with Gasteiger partial charge in [0.2, 0.25) is 5.91 Å². The Kier molecular flexibility index (Phi) is 6.16. The lowest BCUT2D eigenvalue weighted by Gasteiger charge is -2.38. The molecule has 2 aromatic rings. The summed E-state index contributed by atoms with van der Waals surface area (Å²) in [5.74, 6) is 0.375. The van der Waals surface area contributed by atoms with E-state index in [1.54, 1.807) is 17.0 Å². The molecule has 2 fully saturated rings. The van der Waals surface area contributed by atoms with Crippen LogP contribution in [0.3, 0.4) is 0 Å². The summed E-state index contributed by atoms with van der Waals surface area (Å²) in [4.78, 5) is 20.3. The van der Waals surface area contributed by atoms with Crippen molar-refractivity contribution in [3.05, 3.63) is 54.1 Å². The number of para-hydroxylation sites is 2. The molecular formula is C25H28F3N3O3. The molecule has 3 heterocycles. The molecule has 3 aliphatic heterocycles. The van der Waals surface area contributed by atoms with E-state index in [0.717, 1.165) is 32.5 Å². The van der Waals surface area contributed by atoms with Crippen LogP contribution in [0.4, 0.5) is 18.9 Å². The number of halogens is 3. The molecule has 34 heavy (non-hydrogen) atoms. The fourth-order valence-corrected chi connectivity index (χ4v) is 5.28. The third kappa shape index (κ3) is 4.86. The summed E-state index contributed by atoms with van der Waals surface area (Å²) < 4.78 is 47.9. The van der Waals surface area contributed by atoms with E-state index in [9.17, 15) is 18.0 Å². The lowest BCUT2D eigenvalue weighted by atomic mass is 10.0. The van der Waals surface area contributed by atoms with Crippen LogP contribution in [-0.4, -0.2) is 66.9 Å². The number of hydrogen-bond acceptors (Lipinski definition) is 5. The molecule has 9 heteroatoms. The van der Waals surface area contributed by atoms with Gasteiger partial charge in [0.1, 0.15) is 17.6 Å². The molecule has 2 atom stereocenters. The summed E-state index contributed by atoms with van der Waals surface area (Å²) in [7, 11) is 2.12. The molecule has 0 N–H and O–H groups in total. The number of likely N-dealkylation sites (tertiary alicyclic amines) is 2. The van der Waals surface area contributed by atoms with Gasteiger partial charge in [0.05, 0.1) is 18.3 Å². The Morgan fingerprint density at radius 1 is 1.06 bits per heavy atom. The monoisotopic (exact) mass is 475 g/mol. The van der Waals surface area contributed by atoms with E-state index in [-0.39, 0.29) is 30.3 Å². The number of nitrogens with zero attached hydrogens (tertiary/aromatic N) is 3. The molecule has 2 bridgehead atoms. The lowest BCUT2D eigenvalue weighted by Crippen LogP contribution is -2.51. The molecular weight excluding hydrogens is 447 g/mol. The van der Waals surface area contributed by atoms with Crippen molar-refractivity contribution in [1.29, 1.82) is 0 Å². The highest BCUT2D eigenvalue weighted by Crippen LogP contribution is 2.38. The summed E-state index contributed by atoms with van der Waals surface area (Å²) in [6.07, 6.45) is -2.13. The molecule has 3 aliphatic rings. The first-order chi connectivity index (χ1) is 16.3. The van der Waals surface area contributed by atoms with Crippen LogP contribution < -0.4 is 14.4 Å². The molecule has 5 rings (SSSR count). The molecule has 2 aromatic carbocycles.